The summed E-state index contributed by atoms with van der Waals surface area (Å²) in [5.74, 6) is 0.560. The molecule has 0 saturated carbocycles. The first kappa shape index (κ1) is 16.3. The molecule has 1 aromatic carbocycles. The number of rotatable bonds is 5. The smallest absolute Gasteiger partial charge is 0.107 e. The molecule has 2 nitrogen and oxygen atoms in total. The summed E-state index contributed by atoms with van der Waals surface area (Å²) in [6.45, 7) is 9.94. The second kappa shape index (κ2) is 6.62. The Morgan fingerprint density at radius 3 is 2.53 bits per heavy atom. The zero-order valence-electron chi connectivity index (χ0n) is 12.4. The third-order valence-corrected chi connectivity index (χ3v) is 4.55. The predicted octanol–water partition coefficient (Wildman–Crippen LogP) is 4.14. The second-order valence-electron chi connectivity index (χ2n) is 5.90. The summed E-state index contributed by atoms with van der Waals surface area (Å²) >= 11 is 6.85. The van der Waals surface area contributed by atoms with Gasteiger partial charge < -0.3 is 11.1 Å². The first-order valence-corrected chi connectivity index (χ1v) is 8.11. The Hall–Kier alpha value is -0.740. The Labute approximate surface area is 126 Å². The summed E-state index contributed by atoms with van der Waals surface area (Å²) in [7, 11) is 0. The van der Waals surface area contributed by atoms with E-state index in [1.54, 1.807) is 11.8 Å². The molecule has 0 amide bonds. The van der Waals surface area contributed by atoms with Crippen LogP contribution >= 0.6 is 24.0 Å². The molecule has 0 radical (unpaired) electrons. The fourth-order valence-corrected chi connectivity index (χ4v) is 2.60. The van der Waals surface area contributed by atoms with Crippen molar-refractivity contribution in [2.75, 3.05) is 18.1 Å². The van der Waals surface area contributed by atoms with Crippen LogP contribution in [0.4, 0.5) is 5.69 Å². The van der Waals surface area contributed by atoms with E-state index in [0.717, 1.165) is 22.7 Å². The molecule has 1 rings (SSSR count). The summed E-state index contributed by atoms with van der Waals surface area (Å²) in [5.41, 5.74) is 8.15. The summed E-state index contributed by atoms with van der Waals surface area (Å²) < 4.78 is 0. The molecule has 0 saturated heterocycles. The van der Waals surface area contributed by atoms with Gasteiger partial charge in [-0.15, -0.1) is 11.8 Å². The molecular formula is C15H24N2S2. The van der Waals surface area contributed by atoms with E-state index in [9.17, 15) is 0 Å². The van der Waals surface area contributed by atoms with Crippen LogP contribution in [0.25, 0.3) is 0 Å². The van der Waals surface area contributed by atoms with Gasteiger partial charge in [0.15, 0.2) is 0 Å². The van der Waals surface area contributed by atoms with Gasteiger partial charge in [0, 0.05) is 22.7 Å². The van der Waals surface area contributed by atoms with Crippen molar-refractivity contribution in [3.63, 3.8) is 0 Å². The molecule has 19 heavy (non-hydrogen) atoms. The molecule has 0 aliphatic heterocycles. The molecule has 4 heteroatoms. The summed E-state index contributed by atoms with van der Waals surface area (Å²) in [4.78, 5) is 1.58. The molecule has 0 fully saturated rings. The van der Waals surface area contributed by atoms with Crippen molar-refractivity contribution in [1.29, 1.82) is 0 Å². The minimum absolute atomic E-state index is 0.285. The van der Waals surface area contributed by atoms with E-state index in [1.807, 2.05) is 18.4 Å². The molecule has 0 aliphatic rings. The number of hydrogen-bond acceptors (Lipinski definition) is 3. The maximum atomic E-state index is 5.86. The first-order valence-electron chi connectivity index (χ1n) is 6.48. The molecule has 1 unspecified atom stereocenters. The molecule has 3 N–H and O–H groups in total. The lowest BCUT2D eigenvalue weighted by Gasteiger charge is -2.28. The van der Waals surface area contributed by atoms with Crippen molar-refractivity contribution in [1.82, 2.24) is 0 Å². The third kappa shape index (κ3) is 4.39. The van der Waals surface area contributed by atoms with E-state index in [2.05, 4.69) is 39.1 Å². The van der Waals surface area contributed by atoms with Crippen LogP contribution in [0.15, 0.2) is 23.1 Å². The number of anilines is 1. The zero-order valence-corrected chi connectivity index (χ0v) is 14.0. The molecule has 1 aromatic rings. The van der Waals surface area contributed by atoms with Gasteiger partial charge in [-0.2, -0.15) is 0 Å². The van der Waals surface area contributed by atoms with Crippen LogP contribution in [-0.2, 0) is 0 Å². The van der Waals surface area contributed by atoms with Gasteiger partial charge in [0.25, 0.3) is 0 Å². The monoisotopic (exact) mass is 296 g/mol. The van der Waals surface area contributed by atoms with Crippen LogP contribution in [-0.4, -0.2) is 17.8 Å². The Kier molecular flexibility index (Phi) is 5.68. The van der Waals surface area contributed by atoms with Gasteiger partial charge in [0.2, 0.25) is 0 Å². The highest BCUT2D eigenvalue weighted by molar-refractivity contribution is 7.98. The summed E-state index contributed by atoms with van der Waals surface area (Å²) in [6, 6.07) is 6.14. The number of nitrogens with two attached hydrogens (primary N) is 1. The van der Waals surface area contributed by atoms with Gasteiger partial charge in [0.05, 0.1) is 0 Å². The molecule has 0 aromatic heterocycles. The minimum atomic E-state index is 0.285. The van der Waals surface area contributed by atoms with Crippen molar-refractivity contribution in [3.8, 4) is 0 Å². The summed E-state index contributed by atoms with van der Waals surface area (Å²) in [5, 5.41) is 3.49. The SMILES string of the molecule is CSc1cccc(NCC(C)C(C)(C)C)c1C(N)=S. The third-order valence-electron chi connectivity index (χ3n) is 3.57. The number of hydrogen-bond donors (Lipinski definition) is 2. The average molecular weight is 297 g/mol. The largest absolute Gasteiger partial charge is 0.389 e. The Morgan fingerprint density at radius 1 is 1.42 bits per heavy atom. The van der Waals surface area contributed by atoms with Gasteiger partial charge in [-0.05, 0) is 29.7 Å². The number of thiocarbonyl (C=S) groups is 1. The lowest BCUT2D eigenvalue weighted by atomic mass is 9.82. The van der Waals surface area contributed by atoms with E-state index in [4.69, 9.17) is 18.0 Å². The summed E-state index contributed by atoms with van der Waals surface area (Å²) in [6.07, 6.45) is 2.04. The highest BCUT2D eigenvalue weighted by Gasteiger charge is 2.20. The van der Waals surface area contributed by atoms with Gasteiger partial charge in [-0.3, -0.25) is 0 Å². The van der Waals surface area contributed by atoms with E-state index in [1.165, 1.54) is 0 Å². The van der Waals surface area contributed by atoms with Crippen LogP contribution in [0, 0.1) is 11.3 Å². The molecule has 106 valence electrons. The van der Waals surface area contributed by atoms with Gasteiger partial charge in [-0.25, -0.2) is 0 Å². The Balaban J connectivity index is 2.93. The van der Waals surface area contributed by atoms with Crippen molar-refractivity contribution in [2.24, 2.45) is 17.1 Å². The van der Waals surface area contributed by atoms with Crippen molar-refractivity contribution in [2.45, 2.75) is 32.6 Å². The van der Waals surface area contributed by atoms with Crippen LogP contribution in [0.2, 0.25) is 0 Å². The maximum Gasteiger partial charge on any atom is 0.107 e. The number of benzene rings is 1. The number of nitrogens with one attached hydrogen (secondary N) is 1. The molecule has 1 atom stereocenters. The second-order valence-corrected chi connectivity index (χ2v) is 7.18. The van der Waals surface area contributed by atoms with E-state index < -0.39 is 0 Å². The molecule has 0 heterocycles. The molecule has 0 aliphatic carbocycles. The first-order chi connectivity index (χ1) is 8.77. The Morgan fingerprint density at radius 2 is 2.05 bits per heavy atom. The van der Waals surface area contributed by atoms with E-state index >= 15 is 0 Å². The molecular weight excluding hydrogens is 272 g/mol. The fraction of sp³-hybridized carbons (Fsp3) is 0.533. The Bertz CT molecular complexity index is 450. The van der Waals surface area contributed by atoms with Gasteiger partial charge >= 0.3 is 0 Å². The maximum absolute atomic E-state index is 5.86. The average Bonchev–Trinajstić information content (AvgIpc) is 2.33. The van der Waals surface area contributed by atoms with Crippen LogP contribution in [0.5, 0.6) is 0 Å². The topological polar surface area (TPSA) is 38.0 Å². The fourth-order valence-electron chi connectivity index (χ4n) is 1.67. The quantitative estimate of drug-likeness (QED) is 0.633. The highest BCUT2D eigenvalue weighted by atomic mass is 32.2. The lowest BCUT2D eigenvalue weighted by molar-refractivity contribution is 0.274. The normalized spacial score (nSPS) is 13.1. The van der Waals surface area contributed by atoms with Crippen molar-refractivity contribution in [3.05, 3.63) is 23.8 Å². The van der Waals surface area contributed by atoms with Gasteiger partial charge in [-0.1, -0.05) is 46.0 Å². The minimum Gasteiger partial charge on any atom is -0.389 e. The van der Waals surface area contributed by atoms with Crippen LogP contribution in [0.3, 0.4) is 0 Å². The standard InChI is InChI=1S/C15H24N2S2/c1-10(15(2,3)4)9-17-11-7-6-8-12(19-5)13(11)14(16)18/h6-8,10,17H,9H2,1-5H3,(H2,16,18). The van der Waals surface area contributed by atoms with Crippen LogP contribution < -0.4 is 11.1 Å². The van der Waals surface area contributed by atoms with Crippen molar-refractivity contribution >= 4 is 34.7 Å². The number of thioether (sulfide) groups is 1. The van der Waals surface area contributed by atoms with Crippen LogP contribution in [0.1, 0.15) is 33.3 Å². The predicted molar refractivity (Wildman–Crippen MR) is 91.2 cm³/mol. The van der Waals surface area contributed by atoms with Crippen molar-refractivity contribution < 1.29 is 0 Å². The van der Waals surface area contributed by atoms with E-state index in [0.29, 0.717) is 10.9 Å². The highest BCUT2D eigenvalue weighted by Crippen LogP contribution is 2.29. The van der Waals surface area contributed by atoms with E-state index in [-0.39, 0.29) is 5.41 Å². The lowest BCUT2D eigenvalue weighted by Crippen LogP contribution is -2.25. The molecule has 0 spiro atoms. The zero-order chi connectivity index (χ0) is 14.6. The van der Waals surface area contributed by atoms with Gasteiger partial charge in [0.1, 0.15) is 4.99 Å². The molecule has 0 bridgehead atoms.